The minimum absolute atomic E-state index is 0.0175. The SMILES string of the molecule is C=CC(=O)OCCOC(=O)NCC1CCCC(CNC(=O)OCCOC(=O)CC)C1. The lowest BCUT2D eigenvalue weighted by Gasteiger charge is -2.29. The molecule has 2 amide bonds. The third-order valence-corrected chi connectivity index (χ3v) is 4.56. The van der Waals surface area contributed by atoms with Gasteiger partial charge in [0.05, 0.1) is 0 Å². The fraction of sp³-hybridized carbons (Fsp3) is 0.700. The molecule has 1 aliphatic carbocycles. The van der Waals surface area contributed by atoms with Crippen molar-refractivity contribution >= 4 is 24.1 Å². The van der Waals surface area contributed by atoms with Crippen LogP contribution in [0.2, 0.25) is 0 Å². The first-order valence-corrected chi connectivity index (χ1v) is 10.2. The number of carbonyl (C=O) groups is 4. The Balaban J connectivity index is 2.12. The maximum atomic E-state index is 11.7. The van der Waals surface area contributed by atoms with Crippen LogP contribution in [-0.4, -0.2) is 63.6 Å². The quantitative estimate of drug-likeness (QED) is 0.209. The van der Waals surface area contributed by atoms with Crippen LogP contribution >= 0.6 is 0 Å². The molecule has 2 unspecified atom stereocenters. The average molecular weight is 428 g/mol. The highest BCUT2D eigenvalue weighted by Crippen LogP contribution is 2.28. The molecule has 1 rings (SSSR count). The maximum absolute atomic E-state index is 11.7. The minimum atomic E-state index is -0.565. The zero-order valence-corrected chi connectivity index (χ0v) is 17.5. The Bertz CT molecular complexity index is 581. The Labute approximate surface area is 176 Å². The Morgan fingerprint density at radius 3 is 1.87 bits per heavy atom. The number of ether oxygens (including phenoxy) is 4. The predicted molar refractivity (Wildman–Crippen MR) is 107 cm³/mol. The second-order valence-electron chi connectivity index (χ2n) is 6.88. The van der Waals surface area contributed by atoms with Gasteiger partial charge < -0.3 is 29.6 Å². The standard InChI is InChI=1S/C20H32N2O8/c1-3-17(23)27-8-10-29-19(25)21-13-15-6-5-7-16(12-15)14-22-20(26)30-11-9-28-18(24)4-2/h3,15-16H,1,4-14H2,2H3,(H,21,25)(H,22,26). The van der Waals surface area contributed by atoms with Gasteiger partial charge in [-0.25, -0.2) is 14.4 Å². The van der Waals surface area contributed by atoms with Gasteiger partial charge in [-0.3, -0.25) is 4.79 Å². The molecular formula is C20H32N2O8. The summed E-state index contributed by atoms with van der Waals surface area (Å²) in [7, 11) is 0. The van der Waals surface area contributed by atoms with E-state index in [-0.39, 0.29) is 38.8 Å². The van der Waals surface area contributed by atoms with Gasteiger partial charge in [0.15, 0.2) is 0 Å². The van der Waals surface area contributed by atoms with Crippen LogP contribution in [0.3, 0.4) is 0 Å². The van der Waals surface area contributed by atoms with Crippen molar-refractivity contribution in [3.8, 4) is 0 Å². The van der Waals surface area contributed by atoms with Crippen LogP contribution in [0, 0.1) is 11.8 Å². The van der Waals surface area contributed by atoms with Gasteiger partial charge in [0.25, 0.3) is 0 Å². The Hall–Kier alpha value is -2.78. The number of esters is 2. The number of nitrogens with one attached hydrogen (secondary N) is 2. The van der Waals surface area contributed by atoms with Crippen LogP contribution in [0.1, 0.15) is 39.0 Å². The summed E-state index contributed by atoms with van der Waals surface area (Å²) < 4.78 is 19.4. The molecular weight excluding hydrogens is 396 g/mol. The summed E-state index contributed by atoms with van der Waals surface area (Å²) >= 11 is 0. The fourth-order valence-corrected chi connectivity index (χ4v) is 3.06. The molecule has 0 aromatic rings. The first-order valence-electron chi connectivity index (χ1n) is 10.2. The first-order chi connectivity index (χ1) is 14.4. The van der Waals surface area contributed by atoms with E-state index < -0.39 is 18.2 Å². The van der Waals surface area contributed by atoms with Gasteiger partial charge in [-0.1, -0.05) is 19.9 Å². The largest absolute Gasteiger partial charge is 0.462 e. The summed E-state index contributed by atoms with van der Waals surface area (Å²) in [6.07, 6.45) is 4.08. The Kier molecular flexibility index (Phi) is 12.7. The number of rotatable bonds is 12. The molecule has 1 aliphatic rings. The second-order valence-corrected chi connectivity index (χ2v) is 6.88. The molecule has 0 saturated heterocycles. The molecule has 30 heavy (non-hydrogen) atoms. The molecule has 0 heterocycles. The lowest BCUT2D eigenvalue weighted by Crippen LogP contribution is -2.36. The van der Waals surface area contributed by atoms with Crippen molar-refractivity contribution in [2.75, 3.05) is 39.5 Å². The van der Waals surface area contributed by atoms with Crippen LogP contribution < -0.4 is 10.6 Å². The molecule has 1 saturated carbocycles. The van der Waals surface area contributed by atoms with Crippen molar-refractivity contribution in [1.29, 1.82) is 0 Å². The van der Waals surface area contributed by atoms with Crippen LogP contribution in [0.15, 0.2) is 12.7 Å². The highest BCUT2D eigenvalue weighted by Gasteiger charge is 2.23. The lowest BCUT2D eigenvalue weighted by molar-refractivity contribution is -0.144. The van der Waals surface area contributed by atoms with Gasteiger partial charge >= 0.3 is 24.1 Å². The van der Waals surface area contributed by atoms with E-state index in [9.17, 15) is 19.2 Å². The van der Waals surface area contributed by atoms with Crippen molar-refractivity contribution in [3.05, 3.63) is 12.7 Å². The predicted octanol–water partition coefficient (Wildman–Crippen LogP) is 1.93. The van der Waals surface area contributed by atoms with Crippen molar-refractivity contribution in [2.45, 2.75) is 39.0 Å². The monoisotopic (exact) mass is 428 g/mol. The first kappa shape index (κ1) is 25.3. The molecule has 10 nitrogen and oxygen atoms in total. The summed E-state index contributed by atoms with van der Waals surface area (Å²) in [5, 5.41) is 5.44. The zero-order valence-electron chi connectivity index (χ0n) is 17.5. The van der Waals surface area contributed by atoms with Crippen molar-refractivity contribution in [1.82, 2.24) is 10.6 Å². The van der Waals surface area contributed by atoms with E-state index >= 15 is 0 Å². The summed E-state index contributed by atoms with van der Waals surface area (Å²) in [4.78, 5) is 45.2. The Morgan fingerprint density at radius 1 is 0.867 bits per heavy atom. The smallest absolute Gasteiger partial charge is 0.407 e. The Morgan fingerprint density at radius 2 is 1.37 bits per heavy atom. The van der Waals surface area contributed by atoms with Crippen LogP contribution in [-0.2, 0) is 28.5 Å². The number of hydrogen-bond donors (Lipinski definition) is 2. The van der Waals surface area contributed by atoms with E-state index in [4.69, 9.17) is 18.9 Å². The molecule has 0 radical (unpaired) electrons. The van der Waals surface area contributed by atoms with Crippen molar-refractivity contribution in [2.24, 2.45) is 11.8 Å². The summed E-state index contributed by atoms with van der Waals surface area (Å²) in [5.41, 5.74) is 0. The van der Waals surface area contributed by atoms with E-state index in [2.05, 4.69) is 17.2 Å². The van der Waals surface area contributed by atoms with Crippen LogP contribution in [0.25, 0.3) is 0 Å². The molecule has 0 spiro atoms. The second kappa shape index (κ2) is 15.1. The van der Waals surface area contributed by atoms with Crippen molar-refractivity contribution < 1.29 is 38.1 Å². The van der Waals surface area contributed by atoms with E-state index in [0.717, 1.165) is 31.8 Å². The van der Waals surface area contributed by atoms with E-state index in [1.165, 1.54) is 0 Å². The van der Waals surface area contributed by atoms with E-state index in [1.54, 1.807) is 6.92 Å². The molecule has 10 heteroatoms. The molecule has 1 fully saturated rings. The summed E-state index contributed by atoms with van der Waals surface area (Å²) in [6, 6.07) is 0. The molecule has 0 bridgehead atoms. The molecule has 2 atom stereocenters. The lowest BCUT2D eigenvalue weighted by atomic mass is 9.81. The summed E-state index contributed by atoms with van der Waals surface area (Å²) in [5.74, 6) is -0.308. The third kappa shape index (κ3) is 11.9. The van der Waals surface area contributed by atoms with Crippen molar-refractivity contribution in [3.63, 3.8) is 0 Å². The van der Waals surface area contributed by atoms with E-state index in [1.807, 2.05) is 0 Å². The summed E-state index contributed by atoms with van der Waals surface area (Å²) in [6.45, 7) is 5.95. The maximum Gasteiger partial charge on any atom is 0.407 e. The minimum Gasteiger partial charge on any atom is -0.462 e. The zero-order chi connectivity index (χ0) is 22.2. The van der Waals surface area contributed by atoms with E-state index in [0.29, 0.717) is 24.9 Å². The highest BCUT2D eigenvalue weighted by atomic mass is 16.6. The number of alkyl carbamates (subject to hydrolysis) is 2. The van der Waals surface area contributed by atoms with Gasteiger partial charge in [0, 0.05) is 25.6 Å². The normalized spacial score (nSPS) is 17.9. The third-order valence-electron chi connectivity index (χ3n) is 4.56. The van der Waals surface area contributed by atoms with Crippen LogP contribution in [0.4, 0.5) is 9.59 Å². The van der Waals surface area contributed by atoms with Gasteiger partial charge in [-0.15, -0.1) is 0 Å². The fourth-order valence-electron chi connectivity index (χ4n) is 3.06. The number of carbonyl (C=O) groups excluding carboxylic acids is 4. The molecule has 0 aromatic carbocycles. The topological polar surface area (TPSA) is 129 Å². The average Bonchev–Trinajstić information content (AvgIpc) is 2.76. The molecule has 170 valence electrons. The van der Waals surface area contributed by atoms with Gasteiger partial charge in [0.1, 0.15) is 26.4 Å². The van der Waals surface area contributed by atoms with Gasteiger partial charge in [0.2, 0.25) is 0 Å². The number of amides is 2. The van der Waals surface area contributed by atoms with Gasteiger partial charge in [-0.2, -0.15) is 0 Å². The molecule has 0 aromatic heterocycles. The molecule has 2 N–H and O–H groups in total. The van der Waals surface area contributed by atoms with Crippen LogP contribution in [0.5, 0.6) is 0 Å². The highest BCUT2D eigenvalue weighted by molar-refractivity contribution is 5.81. The molecule has 0 aliphatic heterocycles. The van der Waals surface area contributed by atoms with Gasteiger partial charge in [-0.05, 0) is 31.1 Å². The number of hydrogen-bond acceptors (Lipinski definition) is 8.